The van der Waals surface area contributed by atoms with Gasteiger partial charge in [-0.3, -0.25) is 4.79 Å². The molecule has 1 aromatic heterocycles. The number of aliphatic hydroxyl groups is 1. The minimum absolute atomic E-state index is 0.00813. The number of nitrogens with zero attached hydrogens (tertiary/aromatic N) is 2. The smallest absolute Gasteiger partial charge is 0.250 e. The van der Waals surface area contributed by atoms with E-state index in [4.69, 9.17) is 10.8 Å². The molecule has 0 bridgehead atoms. The number of likely N-dealkylation sites (tertiary alicyclic amines) is 1. The summed E-state index contributed by atoms with van der Waals surface area (Å²) in [5.74, 6) is 0.639. The van der Waals surface area contributed by atoms with Crippen LogP contribution < -0.4 is 11.3 Å². The summed E-state index contributed by atoms with van der Waals surface area (Å²) in [7, 11) is 0. The van der Waals surface area contributed by atoms with Crippen molar-refractivity contribution < 1.29 is 5.11 Å². The van der Waals surface area contributed by atoms with Crippen molar-refractivity contribution in [2.24, 2.45) is 5.92 Å². The Kier molecular flexibility index (Phi) is 4.99. The molecule has 2 heterocycles. The number of nitrogens with two attached hydrogens (primary N) is 1. The van der Waals surface area contributed by atoms with E-state index in [1.165, 1.54) is 12.5 Å². The molecule has 0 amide bonds. The maximum absolute atomic E-state index is 11.6. The predicted molar refractivity (Wildman–Crippen MR) is 76.0 cm³/mol. The molecule has 2 rings (SSSR count). The molecule has 1 aliphatic rings. The molecule has 0 aromatic carbocycles. The van der Waals surface area contributed by atoms with Crippen LogP contribution in [0.5, 0.6) is 0 Å². The van der Waals surface area contributed by atoms with Crippen LogP contribution in [0.4, 0.5) is 5.69 Å². The minimum atomic E-state index is 0.00813. The van der Waals surface area contributed by atoms with Crippen molar-refractivity contribution in [3.8, 4) is 0 Å². The molecule has 1 aromatic rings. The van der Waals surface area contributed by atoms with Gasteiger partial charge in [0.15, 0.2) is 0 Å². The SMILES string of the molecule is Nc1ccc(=O)n(CCCN2CCC(CCO)C2)c1. The molecule has 1 fully saturated rings. The lowest BCUT2D eigenvalue weighted by atomic mass is 10.1. The molecule has 1 saturated heterocycles. The van der Waals surface area contributed by atoms with E-state index < -0.39 is 0 Å². The van der Waals surface area contributed by atoms with E-state index >= 15 is 0 Å². The van der Waals surface area contributed by atoms with Gasteiger partial charge < -0.3 is 20.3 Å². The molecule has 0 radical (unpaired) electrons. The lowest BCUT2D eigenvalue weighted by Crippen LogP contribution is -2.25. The monoisotopic (exact) mass is 265 g/mol. The van der Waals surface area contributed by atoms with Crippen LogP contribution in [-0.2, 0) is 6.54 Å². The van der Waals surface area contributed by atoms with Gasteiger partial charge in [-0.05, 0) is 44.3 Å². The van der Waals surface area contributed by atoms with Crippen molar-refractivity contribution in [1.29, 1.82) is 0 Å². The summed E-state index contributed by atoms with van der Waals surface area (Å²) in [6.07, 6.45) is 4.75. The van der Waals surface area contributed by atoms with Crippen LogP contribution in [0.1, 0.15) is 19.3 Å². The molecule has 1 unspecified atom stereocenters. The van der Waals surface area contributed by atoms with Crippen molar-refractivity contribution in [1.82, 2.24) is 9.47 Å². The van der Waals surface area contributed by atoms with Crippen molar-refractivity contribution in [2.75, 3.05) is 32.0 Å². The van der Waals surface area contributed by atoms with Crippen molar-refractivity contribution >= 4 is 5.69 Å². The van der Waals surface area contributed by atoms with Crippen molar-refractivity contribution in [3.63, 3.8) is 0 Å². The molecule has 5 nitrogen and oxygen atoms in total. The summed E-state index contributed by atoms with van der Waals surface area (Å²) >= 11 is 0. The normalized spacial score (nSPS) is 19.9. The molecule has 1 aliphatic heterocycles. The second kappa shape index (κ2) is 6.73. The number of aliphatic hydroxyl groups excluding tert-OH is 1. The number of anilines is 1. The van der Waals surface area contributed by atoms with Crippen LogP contribution in [0.15, 0.2) is 23.1 Å². The van der Waals surface area contributed by atoms with Gasteiger partial charge in [-0.1, -0.05) is 0 Å². The van der Waals surface area contributed by atoms with E-state index in [-0.39, 0.29) is 12.2 Å². The molecule has 0 aliphatic carbocycles. The first-order chi connectivity index (χ1) is 9.19. The lowest BCUT2D eigenvalue weighted by Gasteiger charge is -2.16. The molecular weight excluding hydrogens is 242 g/mol. The fraction of sp³-hybridized carbons (Fsp3) is 0.643. The Hall–Kier alpha value is -1.33. The van der Waals surface area contributed by atoms with Gasteiger partial charge in [0.05, 0.1) is 0 Å². The first-order valence-corrected chi connectivity index (χ1v) is 6.98. The fourth-order valence-electron chi connectivity index (χ4n) is 2.72. The Morgan fingerprint density at radius 2 is 2.21 bits per heavy atom. The maximum atomic E-state index is 11.6. The van der Waals surface area contributed by atoms with Crippen LogP contribution in [0.2, 0.25) is 0 Å². The first-order valence-electron chi connectivity index (χ1n) is 6.98. The Morgan fingerprint density at radius 1 is 1.37 bits per heavy atom. The molecule has 5 heteroatoms. The lowest BCUT2D eigenvalue weighted by molar-refractivity contribution is 0.249. The van der Waals surface area contributed by atoms with Gasteiger partial charge in [0.1, 0.15) is 0 Å². The molecule has 0 spiro atoms. The molecular formula is C14H23N3O2. The summed E-state index contributed by atoms with van der Waals surface area (Å²) in [5.41, 5.74) is 6.32. The summed E-state index contributed by atoms with van der Waals surface area (Å²) < 4.78 is 1.68. The van der Waals surface area contributed by atoms with Crippen LogP contribution in [0.25, 0.3) is 0 Å². The highest BCUT2D eigenvalue weighted by atomic mass is 16.3. The van der Waals surface area contributed by atoms with Gasteiger partial charge in [0.2, 0.25) is 0 Å². The molecule has 106 valence electrons. The first kappa shape index (κ1) is 14.1. The summed E-state index contributed by atoms with van der Waals surface area (Å²) in [4.78, 5) is 14.0. The number of pyridine rings is 1. The third-order valence-corrected chi connectivity index (χ3v) is 3.79. The van der Waals surface area contributed by atoms with Crippen LogP contribution >= 0.6 is 0 Å². The van der Waals surface area contributed by atoms with Gasteiger partial charge in [-0.15, -0.1) is 0 Å². The zero-order valence-electron chi connectivity index (χ0n) is 11.3. The average molecular weight is 265 g/mol. The Bertz CT molecular complexity index is 458. The highest BCUT2D eigenvalue weighted by molar-refractivity contribution is 5.33. The van der Waals surface area contributed by atoms with E-state index in [2.05, 4.69) is 4.90 Å². The highest BCUT2D eigenvalue weighted by Crippen LogP contribution is 2.19. The van der Waals surface area contributed by atoms with Gasteiger partial charge in [0.25, 0.3) is 5.56 Å². The predicted octanol–water partition coefficient (Wildman–Crippen LogP) is 0.525. The quantitative estimate of drug-likeness (QED) is 0.787. The minimum Gasteiger partial charge on any atom is -0.398 e. The van der Waals surface area contributed by atoms with Crippen molar-refractivity contribution in [3.05, 3.63) is 28.7 Å². The van der Waals surface area contributed by atoms with E-state index in [0.717, 1.165) is 32.5 Å². The number of hydrogen-bond acceptors (Lipinski definition) is 4. The zero-order chi connectivity index (χ0) is 13.7. The number of rotatable bonds is 6. The van der Waals surface area contributed by atoms with Gasteiger partial charge >= 0.3 is 0 Å². The molecule has 0 saturated carbocycles. The molecule has 3 N–H and O–H groups in total. The van der Waals surface area contributed by atoms with E-state index in [1.807, 2.05) is 0 Å². The van der Waals surface area contributed by atoms with Gasteiger partial charge in [-0.2, -0.15) is 0 Å². The standard InChI is InChI=1S/C14H23N3O2/c15-13-2-3-14(19)17(11-13)7-1-6-16-8-4-12(10-16)5-9-18/h2-3,11-12,18H,1,4-10,15H2. The van der Waals surface area contributed by atoms with Gasteiger partial charge in [0, 0.05) is 37.6 Å². The Labute approximate surface area is 113 Å². The Morgan fingerprint density at radius 3 is 3.00 bits per heavy atom. The highest BCUT2D eigenvalue weighted by Gasteiger charge is 2.21. The topological polar surface area (TPSA) is 71.5 Å². The third-order valence-electron chi connectivity index (χ3n) is 3.79. The number of nitrogen functional groups attached to an aromatic ring is 1. The van der Waals surface area contributed by atoms with E-state index in [1.54, 1.807) is 16.8 Å². The fourth-order valence-corrected chi connectivity index (χ4v) is 2.72. The second-order valence-corrected chi connectivity index (χ2v) is 5.32. The maximum Gasteiger partial charge on any atom is 0.250 e. The number of hydrogen-bond donors (Lipinski definition) is 2. The zero-order valence-corrected chi connectivity index (χ0v) is 11.3. The van der Waals surface area contributed by atoms with Crippen LogP contribution in [0, 0.1) is 5.92 Å². The largest absolute Gasteiger partial charge is 0.398 e. The summed E-state index contributed by atoms with van der Waals surface area (Å²) in [6, 6.07) is 3.15. The molecule has 1 atom stereocenters. The average Bonchev–Trinajstić information content (AvgIpc) is 2.82. The third kappa shape index (κ3) is 4.08. The summed E-state index contributed by atoms with van der Waals surface area (Å²) in [6.45, 7) is 4.19. The number of aryl methyl sites for hydroxylation is 1. The van der Waals surface area contributed by atoms with Gasteiger partial charge in [-0.25, -0.2) is 0 Å². The Balaban J connectivity index is 1.75. The second-order valence-electron chi connectivity index (χ2n) is 5.32. The van der Waals surface area contributed by atoms with Crippen LogP contribution in [-0.4, -0.2) is 40.8 Å². The molecule has 19 heavy (non-hydrogen) atoms. The van der Waals surface area contributed by atoms with E-state index in [0.29, 0.717) is 18.2 Å². The van der Waals surface area contributed by atoms with E-state index in [9.17, 15) is 4.79 Å². The van der Waals surface area contributed by atoms with Crippen LogP contribution in [0.3, 0.4) is 0 Å². The summed E-state index contributed by atoms with van der Waals surface area (Å²) in [5, 5.41) is 8.93. The number of aromatic nitrogens is 1. The van der Waals surface area contributed by atoms with Crippen molar-refractivity contribution in [2.45, 2.75) is 25.8 Å².